The van der Waals surface area contributed by atoms with Gasteiger partial charge in [-0.2, -0.15) is 0 Å². The summed E-state index contributed by atoms with van der Waals surface area (Å²) in [7, 11) is 1.73. The van der Waals surface area contributed by atoms with Gasteiger partial charge in [0.25, 0.3) is 5.91 Å². The fourth-order valence-electron chi connectivity index (χ4n) is 2.52. The predicted octanol–water partition coefficient (Wildman–Crippen LogP) is 4.20. The van der Waals surface area contributed by atoms with Gasteiger partial charge in [-0.25, -0.2) is 0 Å². The van der Waals surface area contributed by atoms with Crippen LogP contribution in [-0.2, 0) is 17.9 Å². The van der Waals surface area contributed by atoms with E-state index in [1.54, 1.807) is 24.1 Å². The molecule has 1 heterocycles. The van der Waals surface area contributed by atoms with E-state index >= 15 is 0 Å². The molecule has 5 nitrogen and oxygen atoms in total. The average Bonchev–Trinajstić information content (AvgIpc) is 3.10. The lowest BCUT2D eigenvalue weighted by Crippen LogP contribution is -2.30. The van der Waals surface area contributed by atoms with Gasteiger partial charge in [0.05, 0.1) is 6.54 Å². The highest BCUT2D eigenvalue weighted by Crippen LogP contribution is 2.19. The maximum absolute atomic E-state index is 12.2. The lowest BCUT2D eigenvalue weighted by atomic mass is 10.2. The first-order chi connectivity index (χ1) is 13.1. The molecule has 5 heteroatoms. The second kappa shape index (κ2) is 8.94. The van der Waals surface area contributed by atoms with Crippen LogP contribution >= 0.6 is 0 Å². The number of carbonyl (C=O) groups is 1. The van der Waals surface area contributed by atoms with Crippen LogP contribution in [0.2, 0.25) is 0 Å². The Labute approximate surface area is 159 Å². The van der Waals surface area contributed by atoms with Crippen molar-refractivity contribution in [1.29, 1.82) is 0 Å². The first kappa shape index (κ1) is 18.6. The summed E-state index contributed by atoms with van der Waals surface area (Å²) in [6.45, 7) is 2.78. The highest BCUT2D eigenvalue weighted by Gasteiger charge is 2.12. The van der Waals surface area contributed by atoms with E-state index in [4.69, 9.17) is 13.9 Å². The molecule has 0 bridgehead atoms. The van der Waals surface area contributed by atoms with Crippen LogP contribution in [0.5, 0.6) is 11.5 Å². The van der Waals surface area contributed by atoms with Gasteiger partial charge >= 0.3 is 0 Å². The van der Waals surface area contributed by atoms with Crippen LogP contribution in [0.4, 0.5) is 0 Å². The molecule has 0 saturated heterocycles. The van der Waals surface area contributed by atoms with E-state index in [2.05, 4.69) is 0 Å². The molecule has 0 fully saturated rings. The Morgan fingerprint density at radius 2 is 1.59 bits per heavy atom. The molecule has 1 amide bonds. The largest absolute Gasteiger partial charge is 0.489 e. The average molecular weight is 365 g/mol. The SMILES string of the molecule is Cc1ccc(CN(C)C(=O)COc2ccc(OCc3ccccc3)cc2)o1. The second-order valence-corrected chi connectivity index (χ2v) is 6.30. The van der Waals surface area contributed by atoms with Crippen LogP contribution in [-0.4, -0.2) is 24.5 Å². The third kappa shape index (κ3) is 5.64. The Balaban J connectivity index is 1.44. The Bertz CT molecular complexity index is 856. The fraction of sp³-hybridized carbons (Fsp3) is 0.227. The third-order valence-corrected chi connectivity index (χ3v) is 4.05. The zero-order valence-corrected chi connectivity index (χ0v) is 15.6. The van der Waals surface area contributed by atoms with Crippen LogP contribution in [0.15, 0.2) is 71.1 Å². The van der Waals surface area contributed by atoms with Gasteiger partial charge in [0.15, 0.2) is 6.61 Å². The van der Waals surface area contributed by atoms with E-state index in [9.17, 15) is 4.79 Å². The molecule has 3 aromatic rings. The van der Waals surface area contributed by atoms with E-state index in [0.29, 0.717) is 18.9 Å². The van der Waals surface area contributed by atoms with E-state index < -0.39 is 0 Å². The summed E-state index contributed by atoms with van der Waals surface area (Å²) < 4.78 is 16.8. The number of likely N-dealkylation sites (N-methyl/N-ethyl adjacent to an activating group) is 1. The minimum atomic E-state index is -0.117. The monoisotopic (exact) mass is 365 g/mol. The van der Waals surface area contributed by atoms with Crippen molar-refractivity contribution in [3.05, 3.63) is 83.8 Å². The van der Waals surface area contributed by atoms with Crippen LogP contribution in [0.25, 0.3) is 0 Å². The molecule has 1 aromatic heterocycles. The van der Waals surface area contributed by atoms with Gasteiger partial charge in [0.1, 0.15) is 29.6 Å². The van der Waals surface area contributed by atoms with Gasteiger partial charge in [-0.3, -0.25) is 4.79 Å². The summed E-state index contributed by atoms with van der Waals surface area (Å²) in [5.41, 5.74) is 1.11. The molecule has 0 radical (unpaired) electrons. The van der Waals surface area contributed by atoms with Crippen molar-refractivity contribution >= 4 is 5.91 Å². The molecule has 140 valence electrons. The van der Waals surface area contributed by atoms with E-state index in [0.717, 1.165) is 22.8 Å². The Kier molecular flexibility index (Phi) is 6.15. The summed E-state index contributed by atoms with van der Waals surface area (Å²) in [4.78, 5) is 13.8. The van der Waals surface area contributed by atoms with Gasteiger partial charge in [-0.15, -0.1) is 0 Å². The number of ether oxygens (including phenoxy) is 2. The Morgan fingerprint density at radius 1 is 0.926 bits per heavy atom. The van der Waals surface area contributed by atoms with Gasteiger partial charge in [-0.05, 0) is 48.9 Å². The second-order valence-electron chi connectivity index (χ2n) is 6.30. The molecule has 2 aromatic carbocycles. The Hall–Kier alpha value is -3.21. The summed E-state index contributed by atoms with van der Waals surface area (Å²) in [5, 5.41) is 0. The lowest BCUT2D eigenvalue weighted by Gasteiger charge is -2.16. The molecule has 0 aliphatic rings. The summed E-state index contributed by atoms with van der Waals surface area (Å²) in [6.07, 6.45) is 0. The van der Waals surface area contributed by atoms with Crippen LogP contribution in [0, 0.1) is 6.92 Å². The van der Waals surface area contributed by atoms with Crippen molar-refractivity contribution in [1.82, 2.24) is 4.90 Å². The van der Waals surface area contributed by atoms with Crippen molar-refractivity contribution < 1.29 is 18.7 Å². The molecular weight excluding hydrogens is 342 g/mol. The van der Waals surface area contributed by atoms with Gasteiger partial charge in [0, 0.05) is 7.05 Å². The molecule has 0 unspecified atom stereocenters. The molecular formula is C22H23NO4. The molecule has 0 spiro atoms. The number of furan rings is 1. The molecule has 3 rings (SSSR count). The number of rotatable bonds is 8. The first-order valence-electron chi connectivity index (χ1n) is 8.79. The predicted molar refractivity (Wildman–Crippen MR) is 103 cm³/mol. The number of hydrogen-bond acceptors (Lipinski definition) is 4. The van der Waals surface area contributed by atoms with Gasteiger partial charge in [-0.1, -0.05) is 30.3 Å². The molecule has 0 atom stereocenters. The molecule has 0 saturated carbocycles. The molecule has 27 heavy (non-hydrogen) atoms. The maximum atomic E-state index is 12.2. The number of benzene rings is 2. The minimum Gasteiger partial charge on any atom is -0.489 e. The normalized spacial score (nSPS) is 10.4. The van der Waals surface area contributed by atoms with Crippen LogP contribution < -0.4 is 9.47 Å². The zero-order valence-electron chi connectivity index (χ0n) is 15.6. The van der Waals surface area contributed by atoms with Crippen molar-refractivity contribution in [2.24, 2.45) is 0 Å². The molecule has 0 N–H and O–H groups in total. The summed E-state index contributed by atoms with van der Waals surface area (Å²) in [5.74, 6) is 2.84. The first-order valence-corrected chi connectivity index (χ1v) is 8.79. The lowest BCUT2D eigenvalue weighted by molar-refractivity contribution is -0.132. The summed E-state index contributed by atoms with van der Waals surface area (Å²) in [6, 6.07) is 21.0. The van der Waals surface area contributed by atoms with Gasteiger partial charge in [0.2, 0.25) is 0 Å². The van der Waals surface area contributed by atoms with Crippen LogP contribution in [0.1, 0.15) is 17.1 Å². The quantitative estimate of drug-likeness (QED) is 0.600. The standard InChI is InChI=1S/C22H23NO4/c1-17-8-9-21(27-17)14-23(2)22(24)16-26-20-12-10-19(11-13-20)25-15-18-6-4-3-5-7-18/h3-13H,14-16H2,1-2H3. The number of amides is 1. The van der Waals surface area contributed by atoms with Crippen LogP contribution in [0.3, 0.4) is 0 Å². The molecule has 0 aliphatic heterocycles. The number of aryl methyl sites for hydroxylation is 1. The van der Waals surface area contributed by atoms with E-state index in [-0.39, 0.29) is 12.5 Å². The highest BCUT2D eigenvalue weighted by atomic mass is 16.5. The number of carbonyl (C=O) groups excluding carboxylic acids is 1. The fourth-order valence-corrected chi connectivity index (χ4v) is 2.52. The highest BCUT2D eigenvalue weighted by molar-refractivity contribution is 5.77. The van der Waals surface area contributed by atoms with Crippen molar-refractivity contribution in [3.8, 4) is 11.5 Å². The summed E-state index contributed by atoms with van der Waals surface area (Å²) >= 11 is 0. The minimum absolute atomic E-state index is 0.0274. The van der Waals surface area contributed by atoms with Crippen molar-refractivity contribution in [2.75, 3.05) is 13.7 Å². The topological polar surface area (TPSA) is 51.9 Å². The van der Waals surface area contributed by atoms with E-state index in [1.165, 1.54) is 0 Å². The smallest absolute Gasteiger partial charge is 0.260 e. The third-order valence-electron chi connectivity index (χ3n) is 4.05. The Morgan fingerprint density at radius 3 is 2.22 bits per heavy atom. The van der Waals surface area contributed by atoms with Crippen molar-refractivity contribution in [3.63, 3.8) is 0 Å². The molecule has 0 aliphatic carbocycles. The van der Waals surface area contributed by atoms with Crippen molar-refractivity contribution in [2.45, 2.75) is 20.1 Å². The number of nitrogens with zero attached hydrogens (tertiary/aromatic N) is 1. The maximum Gasteiger partial charge on any atom is 0.260 e. The number of hydrogen-bond donors (Lipinski definition) is 0. The van der Waals surface area contributed by atoms with E-state index in [1.807, 2.05) is 61.5 Å². The zero-order chi connectivity index (χ0) is 19.1. The van der Waals surface area contributed by atoms with Gasteiger partial charge < -0.3 is 18.8 Å².